The van der Waals surface area contributed by atoms with Gasteiger partial charge in [0.05, 0.1) is 5.92 Å². The minimum atomic E-state index is -0.725. The second kappa shape index (κ2) is 4.34. The SMILES string of the molecule is CC(C)N(C)C[C@@H](C)C(=O)O. The van der Waals surface area contributed by atoms with Crippen LogP contribution in [0.1, 0.15) is 20.8 Å². The molecule has 0 aliphatic rings. The lowest BCUT2D eigenvalue weighted by Gasteiger charge is -2.22. The molecule has 0 aliphatic heterocycles. The van der Waals surface area contributed by atoms with E-state index in [4.69, 9.17) is 5.11 Å². The summed E-state index contributed by atoms with van der Waals surface area (Å²) in [5.74, 6) is -1.00. The average Bonchev–Trinajstić information content (AvgIpc) is 1.87. The molecule has 3 heteroatoms. The van der Waals surface area contributed by atoms with Crippen LogP contribution in [0.15, 0.2) is 0 Å². The van der Waals surface area contributed by atoms with Gasteiger partial charge in [-0.15, -0.1) is 0 Å². The van der Waals surface area contributed by atoms with E-state index in [1.807, 2.05) is 11.9 Å². The second-order valence-electron chi connectivity index (χ2n) is 3.27. The summed E-state index contributed by atoms with van der Waals surface area (Å²) < 4.78 is 0. The molecular weight excluding hydrogens is 142 g/mol. The molecule has 0 spiro atoms. The van der Waals surface area contributed by atoms with Gasteiger partial charge >= 0.3 is 5.97 Å². The summed E-state index contributed by atoms with van der Waals surface area (Å²) >= 11 is 0. The zero-order valence-electron chi connectivity index (χ0n) is 7.66. The molecular formula is C8H17NO2. The first kappa shape index (κ1) is 10.4. The Labute approximate surface area is 68.0 Å². The lowest BCUT2D eigenvalue weighted by atomic mass is 10.1. The Hall–Kier alpha value is -0.570. The van der Waals surface area contributed by atoms with Crippen molar-refractivity contribution in [1.29, 1.82) is 0 Å². The predicted octanol–water partition coefficient (Wildman–Crippen LogP) is 1.05. The molecule has 0 unspecified atom stereocenters. The number of carbonyl (C=O) groups is 1. The highest BCUT2D eigenvalue weighted by Crippen LogP contribution is 2.01. The lowest BCUT2D eigenvalue weighted by molar-refractivity contribution is -0.141. The van der Waals surface area contributed by atoms with Crippen molar-refractivity contribution in [2.45, 2.75) is 26.8 Å². The van der Waals surface area contributed by atoms with E-state index in [1.54, 1.807) is 6.92 Å². The van der Waals surface area contributed by atoms with Crippen LogP contribution in [0.3, 0.4) is 0 Å². The van der Waals surface area contributed by atoms with Crippen molar-refractivity contribution in [2.75, 3.05) is 13.6 Å². The van der Waals surface area contributed by atoms with Crippen molar-refractivity contribution < 1.29 is 9.90 Å². The van der Waals surface area contributed by atoms with Crippen LogP contribution < -0.4 is 0 Å². The van der Waals surface area contributed by atoms with Crippen LogP contribution in [0.2, 0.25) is 0 Å². The van der Waals surface area contributed by atoms with Crippen molar-refractivity contribution in [3.63, 3.8) is 0 Å². The third-order valence-electron chi connectivity index (χ3n) is 1.86. The van der Waals surface area contributed by atoms with Crippen molar-refractivity contribution in [3.8, 4) is 0 Å². The van der Waals surface area contributed by atoms with Gasteiger partial charge in [-0.3, -0.25) is 4.79 Å². The Morgan fingerprint density at radius 2 is 1.91 bits per heavy atom. The zero-order chi connectivity index (χ0) is 9.02. The Kier molecular flexibility index (Phi) is 4.11. The van der Waals surface area contributed by atoms with E-state index in [0.29, 0.717) is 12.6 Å². The third kappa shape index (κ3) is 3.98. The molecule has 3 nitrogen and oxygen atoms in total. The fourth-order valence-corrected chi connectivity index (χ4v) is 0.721. The van der Waals surface area contributed by atoms with Gasteiger partial charge in [0.2, 0.25) is 0 Å². The summed E-state index contributed by atoms with van der Waals surface area (Å²) in [5, 5.41) is 8.59. The van der Waals surface area contributed by atoms with Gasteiger partial charge in [-0.2, -0.15) is 0 Å². The van der Waals surface area contributed by atoms with Crippen LogP contribution in [0.25, 0.3) is 0 Å². The number of hydrogen-bond donors (Lipinski definition) is 1. The third-order valence-corrected chi connectivity index (χ3v) is 1.86. The van der Waals surface area contributed by atoms with E-state index in [9.17, 15) is 4.79 Å². The maximum absolute atomic E-state index is 10.4. The van der Waals surface area contributed by atoms with E-state index in [0.717, 1.165) is 0 Å². The maximum Gasteiger partial charge on any atom is 0.307 e. The van der Waals surface area contributed by atoms with Crippen LogP contribution in [-0.4, -0.2) is 35.6 Å². The van der Waals surface area contributed by atoms with Crippen LogP contribution in [0.4, 0.5) is 0 Å². The quantitative estimate of drug-likeness (QED) is 0.666. The lowest BCUT2D eigenvalue weighted by Crippen LogP contribution is -2.33. The van der Waals surface area contributed by atoms with Crippen molar-refractivity contribution in [2.24, 2.45) is 5.92 Å². The van der Waals surface area contributed by atoms with Gasteiger partial charge in [-0.1, -0.05) is 6.92 Å². The summed E-state index contributed by atoms with van der Waals surface area (Å²) in [6.45, 7) is 6.44. The molecule has 0 rings (SSSR count). The summed E-state index contributed by atoms with van der Waals surface area (Å²) in [6, 6.07) is 0.414. The normalized spacial score (nSPS) is 14.0. The Morgan fingerprint density at radius 3 is 2.18 bits per heavy atom. The number of hydrogen-bond acceptors (Lipinski definition) is 2. The molecule has 66 valence electrons. The maximum atomic E-state index is 10.4. The summed E-state index contributed by atoms with van der Waals surface area (Å²) in [6.07, 6.45) is 0. The van der Waals surface area contributed by atoms with Gasteiger partial charge in [-0.05, 0) is 20.9 Å². The standard InChI is InChI=1S/C8H17NO2/c1-6(2)9(4)5-7(3)8(10)11/h6-7H,5H2,1-4H3,(H,10,11)/t7-/m1/s1. The van der Waals surface area contributed by atoms with Crippen molar-refractivity contribution in [3.05, 3.63) is 0 Å². The first-order valence-corrected chi connectivity index (χ1v) is 3.88. The topological polar surface area (TPSA) is 40.5 Å². The molecule has 0 aromatic rings. The molecule has 1 N–H and O–H groups in total. The molecule has 1 atom stereocenters. The van der Waals surface area contributed by atoms with Gasteiger partial charge in [0, 0.05) is 12.6 Å². The number of carboxylic acid groups (broad SMARTS) is 1. The average molecular weight is 159 g/mol. The first-order chi connectivity index (χ1) is 4.95. The molecule has 0 amide bonds. The van der Waals surface area contributed by atoms with E-state index in [-0.39, 0.29) is 5.92 Å². The molecule has 0 aliphatic carbocycles. The number of carboxylic acids is 1. The number of aliphatic carboxylic acids is 1. The van der Waals surface area contributed by atoms with Crippen molar-refractivity contribution >= 4 is 5.97 Å². The van der Waals surface area contributed by atoms with Gasteiger partial charge < -0.3 is 10.0 Å². The van der Waals surface area contributed by atoms with E-state index >= 15 is 0 Å². The number of rotatable bonds is 4. The van der Waals surface area contributed by atoms with Gasteiger partial charge in [-0.25, -0.2) is 0 Å². The minimum absolute atomic E-state index is 0.276. The van der Waals surface area contributed by atoms with Crippen molar-refractivity contribution in [1.82, 2.24) is 4.90 Å². The minimum Gasteiger partial charge on any atom is -0.481 e. The first-order valence-electron chi connectivity index (χ1n) is 3.88. The van der Waals surface area contributed by atoms with Gasteiger partial charge in [0.15, 0.2) is 0 Å². The van der Waals surface area contributed by atoms with Crippen LogP contribution in [0, 0.1) is 5.92 Å². The largest absolute Gasteiger partial charge is 0.481 e. The zero-order valence-corrected chi connectivity index (χ0v) is 7.66. The van der Waals surface area contributed by atoms with Crippen LogP contribution in [-0.2, 0) is 4.79 Å². The van der Waals surface area contributed by atoms with E-state index < -0.39 is 5.97 Å². The van der Waals surface area contributed by atoms with E-state index in [2.05, 4.69) is 13.8 Å². The highest BCUT2D eigenvalue weighted by molar-refractivity contribution is 5.69. The summed E-state index contributed by atoms with van der Waals surface area (Å²) in [4.78, 5) is 12.5. The van der Waals surface area contributed by atoms with Crippen LogP contribution in [0.5, 0.6) is 0 Å². The van der Waals surface area contributed by atoms with Gasteiger partial charge in [0.1, 0.15) is 0 Å². The molecule has 11 heavy (non-hydrogen) atoms. The molecule has 0 saturated carbocycles. The molecule has 0 saturated heterocycles. The Balaban J connectivity index is 3.75. The molecule has 0 bridgehead atoms. The highest BCUT2D eigenvalue weighted by Gasteiger charge is 2.14. The fraction of sp³-hybridized carbons (Fsp3) is 0.875. The Morgan fingerprint density at radius 1 is 1.45 bits per heavy atom. The molecule has 0 heterocycles. The second-order valence-corrected chi connectivity index (χ2v) is 3.27. The molecule has 0 radical (unpaired) electrons. The fourth-order valence-electron chi connectivity index (χ4n) is 0.721. The monoisotopic (exact) mass is 159 g/mol. The predicted molar refractivity (Wildman–Crippen MR) is 44.6 cm³/mol. The number of nitrogens with zero attached hydrogens (tertiary/aromatic N) is 1. The Bertz CT molecular complexity index is 134. The molecule has 0 aromatic heterocycles. The molecule has 0 aromatic carbocycles. The summed E-state index contributed by atoms with van der Waals surface area (Å²) in [7, 11) is 1.93. The smallest absolute Gasteiger partial charge is 0.307 e. The highest BCUT2D eigenvalue weighted by atomic mass is 16.4. The van der Waals surface area contributed by atoms with Crippen LogP contribution >= 0.6 is 0 Å². The molecule has 0 fully saturated rings. The van der Waals surface area contributed by atoms with E-state index in [1.165, 1.54) is 0 Å². The van der Waals surface area contributed by atoms with Gasteiger partial charge in [0.25, 0.3) is 0 Å². The summed E-state index contributed by atoms with van der Waals surface area (Å²) in [5.41, 5.74) is 0.